The average molecular weight is 270 g/mol. The molecule has 0 aliphatic heterocycles. The molecule has 0 aromatic heterocycles. The van der Waals surface area contributed by atoms with Crippen LogP contribution in [0.5, 0.6) is 5.75 Å². The number of hydrogen-bond donors (Lipinski definition) is 2. The third-order valence-electron chi connectivity index (χ3n) is 3.86. The minimum atomic E-state index is -0.162. The Balaban J connectivity index is 2.46. The zero-order valence-electron chi connectivity index (χ0n) is 12.3. The molecule has 1 atom stereocenters. The van der Waals surface area contributed by atoms with E-state index < -0.39 is 0 Å². The van der Waals surface area contributed by atoms with Gasteiger partial charge < -0.3 is 4.74 Å². The molecule has 0 aliphatic rings. The predicted octanol–water partition coefficient (Wildman–Crippen LogP) is 3.18. The number of ether oxygens (including phenoxy) is 1. The average Bonchev–Trinajstić information content (AvgIpc) is 2.49. The second kappa shape index (κ2) is 6.07. The standard InChI is InChI=1S/C17H22N2O/c1-17(2,13-9-5-4-6-10-13)16(19-18)14-11-7-8-12-15(14)20-3/h4-12,16,19H,18H2,1-3H3. The smallest absolute Gasteiger partial charge is 0.123 e. The van der Waals surface area contributed by atoms with Crippen LogP contribution < -0.4 is 16.0 Å². The Morgan fingerprint density at radius 2 is 1.60 bits per heavy atom. The Kier molecular flexibility index (Phi) is 4.42. The topological polar surface area (TPSA) is 47.3 Å². The summed E-state index contributed by atoms with van der Waals surface area (Å²) in [5, 5.41) is 0. The van der Waals surface area contributed by atoms with Gasteiger partial charge in [-0.05, 0) is 11.6 Å². The Morgan fingerprint density at radius 3 is 2.20 bits per heavy atom. The van der Waals surface area contributed by atoms with Crippen LogP contribution in [0.25, 0.3) is 0 Å². The van der Waals surface area contributed by atoms with Crippen molar-refractivity contribution in [3.63, 3.8) is 0 Å². The van der Waals surface area contributed by atoms with E-state index in [1.54, 1.807) is 7.11 Å². The van der Waals surface area contributed by atoms with Gasteiger partial charge in [0.1, 0.15) is 5.75 Å². The van der Waals surface area contributed by atoms with Crippen molar-refractivity contribution in [2.75, 3.05) is 7.11 Å². The number of hydrazine groups is 1. The SMILES string of the molecule is COc1ccccc1C(NN)C(C)(C)c1ccccc1. The maximum atomic E-state index is 5.85. The van der Waals surface area contributed by atoms with E-state index in [9.17, 15) is 0 Å². The second-order valence-corrected chi connectivity index (χ2v) is 5.43. The molecule has 0 fully saturated rings. The number of methoxy groups -OCH3 is 1. The summed E-state index contributed by atoms with van der Waals surface area (Å²) in [6, 6.07) is 18.3. The molecule has 0 aliphatic carbocycles. The van der Waals surface area contributed by atoms with Crippen molar-refractivity contribution in [3.8, 4) is 5.75 Å². The number of benzene rings is 2. The number of nitrogens with two attached hydrogens (primary N) is 1. The highest BCUT2D eigenvalue weighted by atomic mass is 16.5. The van der Waals surface area contributed by atoms with Crippen molar-refractivity contribution in [1.29, 1.82) is 0 Å². The molecular formula is C17H22N2O. The molecule has 3 N–H and O–H groups in total. The van der Waals surface area contributed by atoms with Crippen molar-refractivity contribution in [2.45, 2.75) is 25.3 Å². The van der Waals surface area contributed by atoms with Gasteiger partial charge in [-0.15, -0.1) is 0 Å². The van der Waals surface area contributed by atoms with Crippen LogP contribution in [0.1, 0.15) is 31.0 Å². The third kappa shape index (κ3) is 2.69. The lowest BCUT2D eigenvalue weighted by molar-refractivity contribution is 0.333. The molecule has 106 valence electrons. The molecular weight excluding hydrogens is 248 g/mol. The number of para-hydroxylation sites is 1. The highest BCUT2D eigenvalue weighted by Crippen LogP contribution is 2.39. The van der Waals surface area contributed by atoms with Crippen LogP contribution in [0.15, 0.2) is 54.6 Å². The van der Waals surface area contributed by atoms with Gasteiger partial charge >= 0.3 is 0 Å². The van der Waals surface area contributed by atoms with Gasteiger partial charge in [-0.25, -0.2) is 0 Å². The second-order valence-electron chi connectivity index (χ2n) is 5.43. The van der Waals surface area contributed by atoms with Gasteiger partial charge in [0.2, 0.25) is 0 Å². The zero-order valence-corrected chi connectivity index (χ0v) is 12.3. The first-order chi connectivity index (χ1) is 9.61. The molecule has 3 heteroatoms. The molecule has 2 rings (SSSR count). The Hall–Kier alpha value is -1.84. The van der Waals surface area contributed by atoms with Gasteiger partial charge in [-0.2, -0.15) is 0 Å². The zero-order chi connectivity index (χ0) is 14.6. The van der Waals surface area contributed by atoms with E-state index in [1.807, 2.05) is 42.5 Å². The highest BCUT2D eigenvalue weighted by molar-refractivity contribution is 5.40. The first kappa shape index (κ1) is 14.6. The van der Waals surface area contributed by atoms with Crippen molar-refractivity contribution in [3.05, 3.63) is 65.7 Å². The van der Waals surface area contributed by atoms with Crippen LogP contribution in [0, 0.1) is 0 Å². The quantitative estimate of drug-likeness (QED) is 0.648. The van der Waals surface area contributed by atoms with E-state index >= 15 is 0 Å². The van der Waals surface area contributed by atoms with Gasteiger partial charge in [0.05, 0.1) is 13.2 Å². The maximum Gasteiger partial charge on any atom is 0.123 e. The summed E-state index contributed by atoms with van der Waals surface area (Å²) in [7, 11) is 1.68. The Bertz CT molecular complexity index is 552. The van der Waals surface area contributed by atoms with Gasteiger partial charge in [0.25, 0.3) is 0 Å². The van der Waals surface area contributed by atoms with E-state index in [0.717, 1.165) is 11.3 Å². The number of hydrogen-bond acceptors (Lipinski definition) is 3. The van der Waals surface area contributed by atoms with E-state index in [-0.39, 0.29) is 11.5 Å². The van der Waals surface area contributed by atoms with Crippen molar-refractivity contribution in [1.82, 2.24) is 5.43 Å². The van der Waals surface area contributed by atoms with Gasteiger partial charge in [0.15, 0.2) is 0 Å². The molecule has 2 aromatic rings. The lowest BCUT2D eigenvalue weighted by Gasteiger charge is -2.35. The van der Waals surface area contributed by atoms with E-state index in [0.29, 0.717) is 0 Å². The molecule has 1 unspecified atom stereocenters. The molecule has 0 radical (unpaired) electrons. The largest absolute Gasteiger partial charge is 0.496 e. The Morgan fingerprint density at radius 1 is 1.00 bits per heavy atom. The molecule has 0 bridgehead atoms. The molecule has 20 heavy (non-hydrogen) atoms. The molecule has 0 amide bonds. The Labute approximate surface area is 120 Å². The van der Waals surface area contributed by atoms with Crippen LogP contribution in [0.4, 0.5) is 0 Å². The first-order valence-corrected chi connectivity index (χ1v) is 6.76. The highest BCUT2D eigenvalue weighted by Gasteiger charge is 2.33. The molecule has 2 aromatic carbocycles. The van der Waals surface area contributed by atoms with Crippen molar-refractivity contribution < 1.29 is 4.74 Å². The van der Waals surface area contributed by atoms with Crippen LogP contribution in [-0.2, 0) is 5.41 Å². The lowest BCUT2D eigenvalue weighted by atomic mass is 9.75. The third-order valence-corrected chi connectivity index (χ3v) is 3.86. The summed E-state index contributed by atoms with van der Waals surface area (Å²) in [5.41, 5.74) is 5.08. The van der Waals surface area contributed by atoms with Crippen LogP contribution in [-0.4, -0.2) is 7.11 Å². The van der Waals surface area contributed by atoms with Crippen molar-refractivity contribution in [2.24, 2.45) is 5.84 Å². The monoisotopic (exact) mass is 270 g/mol. The summed E-state index contributed by atoms with van der Waals surface area (Å²) in [4.78, 5) is 0. The van der Waals surface area contributed by atoms with Crippen LogP contribution in [0.2, 0.25) is 0 Å². The first-order valence-electron chi connectivity index (χ1n) is 6.76. The van der Waals surface area contributed by atoms with E-state index in [4.69, 9.17) is 10.6 Å². The fourth-order valence-electron chi connectivity index (χ4n) is 2.63. The van der Waals surface area contributed by atoms with E-state index in [1.165, 1.54) is 5.56 Å². The summed E-state index contributed by atoms with van der Waals surface area (Å²) < 4.78 is 5.46. The maximum absolute atomic E-state index is 5.85. The molecule has 0 saturated carbocycles. The van der Waals surface area contributed by atoms with Gasteiger partial charge in [0, 0.05) is 11.0 Å². The summed E-state index contributed by atoms with van der Waals surface area (Å²) in [5.74, 6) is 6.69. The summed E-state index contributed by atoms with van der Waals surface area (Å²) in [6.45, 7) is 4.36. The number of rotatable bonds is 5. The number of nitrogens with one attached hydrogen (secondary N) is 1. The molecule has 0 heterocycles. The minimum Gasteiger partial charge on any atom is -0.496 e. The fourth-order valence-corrected chi connectivity index (χ4v) is 2.63. The predicted molar refractivity (Wildman–Crippen MR) is 82.5 cm³/mol. The lowest BCUT2D eigenvalue weighted by Crippen LogP contribution is -2.41. The molecule has 0 saturated heterocycles. The molecule has 3 nitrogen and oxygen atoms in total. The van der Waals surface area contributed by atoms with Crippen LogP contribution in [0.3, 0.4) is 0 Å². The van der Waals surface area contributed by atoms with Gasteiger partial charge in [-0.1, -0.05) is 62.4 Å². The van der Waals surface area contributed by atoms with E-state index in [2.05, 4.69) is 31.4 Å². The molecule has 0 spiro atoms. The van der Waals surface area contributed by atoms with Crippen molar-refractivity contribution >= 4 is 0 Å². The van der Waals surface area contributed by atoms with Gasteiger partial charge in [-0.3, -0.25) is 11.3 Å². The summed E-state index contributed by atoms with van der Waals surface area (Å²) >= 11 is 0. The summed E-state index contributed by atoms with van der Waals surface area (Å²) in [6.07, 6.45) is 0. The normalized spacial score (nSPS) is 13.0. The minimum absolute atomic E-state index is 0.0407. The van der Waals surface area contributed by atoms with Crippen LogP contribution >= 0.6 is 0 Å². The fraction of sp³-hybridized carbons (Fsp3) is 0.294.